The monoisotopic (exact) mass is 462 g/mol. The molecule has 2 saturated heterocycles. The van der Waals surface area contributed by atoms with Crippen molar-refractivity contribution >= 4 is 22.6 Å². The van der Waals surface area contributed by atoms with Crippen molar-refractivity contribution in [1.29, 1.82) is 0 Å². The number of aromatic amines is 1. The molecule has 4 aromatic rings. The van der Waals surface area contributed by atoms with E-state index in [4.69, 9.17) is 5.73 Å². The van der Waals surface area contributed by atoms with Crippen LogP contribution < -0.4 is 11.1 Å². The molecule has 0 saturated carbocycles. The molecule has 2 aliphatic rings. The van der Waals surface area contributed by atoms with Gasteiger partial charge in [-0.2, -0.15) is 5.10 Å². The van der Waals surface area contributed by atoms with Crippen LogP contribution in [-0.2, 0) is 0 Å². The first-order valence-electron chi connectivity index (χ1n) is 11.9. The molecule has 174 valence electrons. The summed E-state index contributed by atoms with van der Waals surface area (Å²) in [4.78, 5) is 19.2. The molecule has 0 unspecified atom stereocenters. The summed E-state index contributed by atoms with van der Waals surface area (Å²) in [6.45, 7) is 3.74. The molecule has 6 rings (SSSR count). The molecule has 35 heavy (non-hydrogen) atoms. The number of nitrogens with two attached hydrogens (primary N) is 1. The molecule has 2 aromatic carbocycles. The molecule has 4 heterocycles. The first-order valence-corrected chi connectivity index (χ1v) is 11.9. The predicted octanol–water partition coefficient (Wildman–Crippen LogP) is 3.43. The molecular formula is C28H26N6O. The Balaban J connectivity index is 1.28. The minimum Gasteiger partial charge on any atom is -0.384 e. The second-order valence-electron chi connectivity index (χ2n) is 9.54. The van der Waals surface area contributed by atoms with Crippen LogP contribution in [0.4, 0.5) is 5.82 Å². The normalized spacial score (nSPS) is 16.5. The van der Waals surface area contributed by atoms with Crippen molar-refractivity contribution in [3.63, 3.8) is 0 Å². The van der Waals surface area contributed by atoms with E-state index in [-0.39, 0.29) is 11.3 Å². The predicted molar refractivity (Wildman–Crippen MR) is 137 cm³/mol. The Morgan fingerprint density at radius 1 is 1.09 bits per heavy atom. The molecule has 4 N–H and O–H groups in total. The number of rotatable bonds is 2. The first kappa shape index (κ1) is 21.4. The average Bonchev–Trinajstić information content (AvgIpc) is 3.28. The topological polar surface area (TPSA) is 99.9 Å². The number of fused-ring (bicyclic) bond motifs is 1. The van der Waals surface area contributed by atoms with Gasteiger partial charge in [0.2, 0.25) is 0 Å². The number of pyridine rings is 1. The number of hydrogen-bond donors (Lipinski definition) is 3. The van der Waals surface area contributed by atoms with Crippen LogP contribution in [-0.4, -0.2) is 52.2 Å². The maximum Gasteiger partial charge on any atom is 0.253 e. The minimum absolute atomic E-state index is 0.0730. The standard InChI is InChI=1S/C28H26N6O/c29-26-15-20(10-13-31-26)22-5-2-1-4-19(22)6-8-24-23-14-21(7-9-25(23)33-32-24)27(35)34-17-28(18-34)11-3-12-30-16-28/h1-2,4-5,7,9-10,13-15,30H,3,11-12,16-18H2,(H2,29,31)(H,32,33). The average molecular weight is 463 g/mol. The third kappa shape index (κ3) is 4.02. The number of nitrogen functional groups attached to an aromatic ring is 1. The maximum absolute atomic E-state index is 13.2. The summed E-state index contributed by atoms with van der Waals surface area (Å²) in [5, 5.41) is 11.8. The minimum atomic E-state index is 0.0730. The van der Waals surface area contributed by atoms with Crippen LogP contribution in [0.1, 0.15) is 34.5 Å². The molecule has 2 fully saturated rings. The van der Waals surface area contributed by atoms with E-state index in [0.717, 1.165) is 53.8 Å². The Hall–Kier alpha value is -4.15. The highest BCUT2D eigenvalue weighted by molar-refractivity contribution is 5.99. The Morgan fingerprint density at radius 3 is 2.80 bits per heavy atom. The van der Waals surface area contributed by atoms with Crippen LogP contribution in [0.3, 0.4) is 0 Å². The number of hydrogen-bond acceptors (Lipinski definition) is 5. The van der Waals surface area contributed by atoms with Crippen molar-refractivity contribution in [1.82, 2.24) is 25.4 Å². The summed E-state index contributed by atoms with van der Waals surface area (Å²) in [6, 6.07) is 17.4. The second kappa shape index (κ2) is 8.57. The molecule has 0 radical (unpaired) electrons. The highest BCUT2D eigenvalue weighted by Gasteiger charge is 2.45. The van der Waals surface area contributed by atoms with E-state index in [1.165, 1.54) is 12.8 Å². The number of carbonyl (C=O) groups excluding carboxylic acids is 1. The number of anilines is 1. The van der Waals surface area contributed by atoms with Gasteiger partial charge in [0, 0.05) is 47.8 Å². The zero-order chi connectivity index (χ0) is 23.8. The van der Waals surface area contributed by atoms with Crippen LogP contribution in [0.15, 0.2) is 60.8 Å². The number of benzene rings is 2. The van der Waals surface area contributed by atoms with Crippen LogP contribution in [0.25, 0.3) is 22.0 Å². The molecule has 1 spiro atoms. The zero-order valence-corrected chi connectivity index (χ0v) is 19.3. The highest BCUT2D eigenvalue weighted by atomic mass is 16.2. The van der Waals surface area contributed by atoms with Crippen molar-refractivity contribution in [2.24, 2.45) is 5.41 Å². The summed E-state index contributed by atoms with van der Waals surface area (Å²) in [5.74, 6) is 7.01. The Kier molecular flexibility index (Phi) is 5.24. The van der Waals surface area contributed by atoms with Crippen molar-refractivity contribution < 1.29 is 4.79 Å². The lowest BCUT2D eigenvalue weighted by Crippen LogP contribution is -2.63. The lowest BCUT2D eigenvalue weighted by molar-refractivity contribution is -0.00721. The third-order valence-electron chi connectivity index (χ3n) is 7.04. The van der Waals surface area contributed by atoms with Crippen molar-refractivity contribution in [3.8, 4) is 23.0 Å². The number of piperidine rings is 1. The van der Waals surface area contributed by atoms with Gasteiger partial charge in [0.05, 0.1) is 5.52 Å². The fourth-order valence-corrected chi connectivity index (χ4v) is 5.22. The summed E-state index contributed by atoms with van der Waals surface area (Å²) in [6.07, 6.45) is 4.07. The summed E-state index contributed by atoms with van der Waals surface area (Å²) in [5.41, 5.74) is 11.1. The van der Waals surface area contributed by atoms with Gasteiger partial charge in [-0.05, 0) is 72.8 Å². The van der Waals surface area contributed by atoms with Gasteiger partial charge in [0.25, 0.3) is 5.91 Å². The van der Waals surface area contributed by atoms with E-state index in [0.29, 0.717) is 17.1 Å². The van der Waals surface area contributed by atoms with Crippen molar-refractivity contribution in [2.75, 3.05) is 31.9 Å². The van der Waals surface area contributed by atoms with Crippen LogP contribution in [0.2, 0.25) is 0 Å². The number of carbonyl (C=O) groups is 1. The Bertz CT molecular complexity index is 1480. The van der Waals surface area contributed by atoms with E-state index in [9.17, 15) is 4.79 Å². The van der Waals surface area contributed by atoms with Crippen LogP contribution in [0, 0.1) is 17.3 Å². The molecule has 2 aliphatic heterocycles. The number of H-pyrrole nitrogens is 1. The number of nitrogens with one attached hydrogen (secondary N) is 2. The lowest BCUT2D eigenvalue weighted by Gasteiger charge is -2.52. The van der Waals surface area contributed by atoms with Gasteiger partial charge in [-0.25, -0.2) is 4.98 Å². The number of likely N-dealkylation sites (tertiary alicyclic amines) is 1. The third-order valence-corrected chi connectivity index (χ3v) is 7.04. The molecule has 7 nitrogen and oxygen atoms in total. The quantitative estimate of drug-likeness (QED) is 0.397. The largest absolute Gasteiger partial charge is 0.384 e. The van der Waals surface area contributed by atoms with Gasteiger partial charge in [-0.1, -0.05) is 24.1 Å². The molecule has 7 heteroatoms. The summed E-state index contributed by atoms with van der Waals surface area (Å²) in [7, 11) is 0. The molecular weight excluding hydrogens is 436 g/mol. The van der Waals surface area contributed by atoms with E-state index in [1.807, 2.05) is 59.5 Å². The van der Waals surface area contributed by atoms with Crippen molar-refractivity contribution in [2.45, 2.75) is 12.8 Å². The molecule has 2 aromatic heterocycles. The van der Waals surface area contributed by atoms with Gasteiger partial charge in [-0.3, -0.25) is 9.89 Å². The lowest BCUT2D eigenvalue weighted by atomic mass is 9.74. The highest BCUT2D eigenvalue weighted by Crippen LogP contribution is 2.37. The van der Waals surface area contributed by atoms with Gasteiger partial charge < -0.3 is 16.0 Å². The molecule has 0 aliphatic carbocycles. The molecule has 0 atom stereocenters. The smallest absolute Gasteiger partial charge is 0.253 e. The number of amides is 1. The molecule has 0 bridgehead atoms. The van der Waals surface area contributed by atoms with E-state index < -0.39 is 0 Å². The summed E-state index contributed by atoms with van der Waals surface area (Å²) < 4.78 is 0. The molecule has 1 amide bonds. The van der Waals surface area contributed by atoms with E-state index >= 15 is 0 Å². The zero-order valence-electron chi connectivity index (χ0n) is 19.3. The van der Waals surface area contributed by atoms with E-state index in [2.05, 4.69) is 32.3 Å². The number of nitrogens with zero attached hydrogens (tertiary/aromatic N) is 3. The fourth-order valence-electron chi connectivity index (χ4n) is 5.22. The van der Waals surface area contributed by atoms with Crippen LogP contribution >= 0.6 is 0 Å². The maximum atomic E-state index is 13.2. The number of aromatic nitrogens is 3. The fraction of sp³-hybridized carbons (Fsp3) is 0.250. The Labute approximate surface area is 203 Å². The first-order chi connectivity index (χ1) is 17.1. The van der Waals surface area contributed by atoms with Crippen molar-refractivity contribution in [3.05, 3.63) is 77.6 Å². The van der Waals surface area contributed by atoms with Crippen LogP contribution in [0.5, 0.6) is 0 Å². The van der Waals surface area contributed by atoms with E-state index in [1.54, 1.807) is 6.20 Å². The SMILES string of the molecule is Nc1cc(-c2ccccc2C#Cc2n[nH]c3ccc(C(=O)N4CC5(CCCNC5)C4)cc23)ccn1. The van der Waals surface area contributed by atoms with Gasteiger partial charge in [0.15, 0.2) is 0 Å². The second-order valence-corrected chi connectivity index (χ2v) is 9.54. The van der Waals surface area contributed by atoms with Gasteiger partial charge >= 0.3 is 0 Å². The van der Waals surface area contributed by atoms with Gasteiger partial charge in [-0.15, -0.1) is 0 Å². The Morgan fingerprint density at radius 2 is 1.97 bits per heavy atom. The van der Waals surface area contributed by atoms with Gasteiger partial charge in [0.1, 0.15) is 11.5 Å². The summed E-state index contributed by atoms with van der Waals surface area (Å²) >= 11 is 0.